The van der Waals surface area contributed by atoms with Crippen LogP contribution in [0.15, 0.2) is 262 Å². The fourth-order valence-electron chi connectivity index (χ4n) is 18.4. The number of nitrogens with zero attached hydrogens (tertiary/aromatic N) is 19. The summed E-state index contributed by atoms with van der Waals surface area (Å²) in [4.78, 5) is 154. The van der Waals surface area contributed by atoms with Crippen LogP contribution < -0.4 is 54.5 Å². The van der Waals surface area contributed by atoms with E-state index in [1.54, 1.807) is 197 Å². The van der Waals surface area contributed by atoms with Crippen molar-refractivity contribution in [1.29, 1.82) is 0 Å². The molecule has 3 fully saturated rings. The van der Waals surface area contributed by atoms with Gasteiger partial charge >= 0.3 is 18.1 Å². The standard InChI is InChI=1S/C42H46ClN7O5.C41H44ClN7O5.C26H30ClN7O3/c1-7-36(31-9-8-10-32(43)25-31)47(3)42(53)50-39(41(52)48(4)37-20-22-46(2)45-37)35(40(50)51)23-30-19-21-44-38(24-30)49(26-28-11-15-33(54-5)16-12-28)27-29-13-17-34(55-6)18-14-29;1-6-35(30-8-7-9-31(42)24-30)44-41(52)49-38(40(51)47(3)36-19-21-46(2)45-36)34(39(49)50)22-29-18-20-43-37(23-29)48(25-27-10-14-32(53-4)15-11-27)26-28-12-16-33(54-5)17-13-28;1-5-20(17-7-6-8-18(27)15-17)32(3)26(37)34-23(25(36)33(4)22-10-12-31(2)30-22)19(24(34)35)13-16-9-11-29-21(28)14-16/h8-22,24-25,35-36,39H,7,23,26-27H2,1-6H3;7-21,23-24,34-35,38H,6,22,25-26H2,1-5H3,(H,44,52);6-12,14-15,19-20,23H,5,13H2,1-4H3,(H2,28,29)/t35-,36-,39+;34-,35-,38+;19-,20-,23+/m111/s1. The molecule has 0 spiro atoms. The highest BCUT2D eigenvalue weighted by atomic mass is 35.5. The number of carbonyl (C=O) groups excluding carboxylic acids is 9. The molecule has 12 amide bonds. The lowest BCUT2D eigenvalue weighted by molar-refractivity contribution is -0.157. The second-order valence-corrected chi connectivity index (χ2v) is 37.4. The Kier molecular flexibility index (Phi) is 35.0. The summed E-state index contributed by atoms with van der Waals surface area (Å²) in [6.07, 6.45) is 12.6. The van der Waals surface area contributed by atoms with Gasteiger partial charge in [0.1, 0.15) is 58.6 Å². The van der Waals surface area contributed by atoms with Gasteiger partial charge in [-0.2, -0.15) is 15.3 Å². The predicted octanol–water partition coefficient (Wildman–Crippen LogP) is 16.8. The zero-order valence-electron chi connectivity index (χ0n) is 84.1. The lowest BCUT2D eigenvalue weighted by Crippen LogP contribution is -2.70. The Bertz CT molecular complexity index is 6690. The molecule has 37 heteroatoms. The molecule has 16 rings (SSSR count). The number of hydrogen-bond donors (Lipinski definition) is 2. The number of rotatable bonds is 35. The van der Waals surface area contributed by atoms with Gasteiger partial charge in [0.15, 0.2) is 17.5 Å². The highest BCUT2D eigenvalue weighted by molar-refractivity contribution is 6.31. The van der Waals surface area contributed by atoms with Gasteiger partial charge in [0.25, 0.3) is 17.7 Å². The van der Waals surface area contributed by atoms with E-state index in [4.69, 9.17) is 69.5 Å². The fraction of sp³-hybridized carbons (Fsp3) is 0.312. The predicted molar refractivity (Wildman–Crippen MR) is 561 cm³/mol. The topological polar surface area (TPSA) is 353 Å². The monoisotopic (exact) mass is 2040 g/mol. The second kappa shape index (κ2) is 48.1. The lowest BCUT2D eigenvalue weighted by atomic mass is 9.81. The smallest absolute Gasteiger partial charge is 0.327 e. The van der Waals surface area contributed by atoms with E-state index in [2.05, 4.69) is 35.4 Å². The van der Waals surface area contributed by atoms with Crippen LogP contribution in [-0.4, -0.2) is 204 Å². The minimum Gasteiger partial charge on any atom is -0.497 e. The van der Waals surface area contributed by atoms with Gasteiger partial charge in [0, 0.05) is 153 Å². The van der Waals surface area contributed by atoms with Crippen molar-refractivity contribution >= 4 is 123 Å². The number of nitrogens with two attached hydrogens (primary N) is 1. The molecule has 0 saturated carbocycles. The van der Waals surface area contributed by atoms with E-state index in [0.29, 0.717) is 95.4 Å². The number of β-lactam (4-membered cyclic amide) rings is 3. The Balaban J connectivity index is 0.000000177. The number of aromatic nitrogens is 9. The number of hydrogen-bond acceptors (Lipinski definition) is 22. The van der Waals surface area contributed by atoms with Gasteiger partial charge in [0.2, 0.25) is 17.7 Å². The Morgan fingerprint density at radius 2 is 0.671 bits per heavy atom. The van der Waals surface area contributed by atoms with E-state index >= 15 is 0 Å². The third kappa shape index (κ3) is 24.9. The number of halogens is 3. The summed E-state index contributed by atoms with van der Waals surface area (Å²) in [5.74, 6) is 1.19. The van der Waals surface area contributed by atoms with Gasteiger partial charge in [0.05, 0.1) is 64.3 Å². The molecule has 6 aromatic heterocycles. The molecule has 0 aliphatic carbocycles. The van der Waals surface area contributed by atoms with Crippen LogP contribution in [0.3, 0.4) is 0 Å². The van der Waals surface area contributed by atoms with Crippen molar-refractivity contribution in [2.45, 2.75) is 122 Å². The Morgan fingerprint density at radius 1 is 0.370 bits per heavy atom. The number of nitrogen functional groups attached to an aromatic ring is 1. The van der Waals surface area contributed by atoms with Crippen molar-refractivity contribution in [3.63, 3.8) is 0 Å². The summed E-state index contributed by atoms with van der Waals surface area (Å²) in [5, 5.41) is 17.7. The molecule has 0 unspecified atom stereocenters. The number of benzene rings is 7. The number of pyridine rings is 3. The molecule has 3 saturated heterocycles. The highest BCUT2D eigenvalue weighted by Crippen LogP contribution is 2.41. The third-order valence-corrected chi connectivity index (χ3v) is 27.2. The average Bonchev–Trinajstić information content (AvgIpc) is 1.08. The number of carbonyl (C=O) groups is 9. The molecule has 7 aromatic carbocycles. The summed E-state index contributed by atoms with van der Waals surface area (Å²) in [6.45, 7) is 8.02. The number of urea groups is 3. The normalized spacial score (nSPS) is 16.1. The SMILES string of the molecule is CC[C@@H](NC(=O)N1C(=O)[C@H](Cc2ccnc(N(Cc3ccc(OC)cc3)Cc3ccc(OC)cc3)c2)[C@H]1C(=O)N(C)c1ccn(C)n1)c1cccc(Cl)c1.CC[C@H](c1cccc(Cl)c1)N(C)C(=O)N1C(=O)[C@H](Cc2ccnc(N(Cc3ccc(OC)cc3)Cc3ccc(OC)cc3)c2)[C@H]1C(=O)N(C)c1ccn(C)n1.CC[C@H](c1cccc(Cl)c1)N(C)C(=O)N1C(=O)[C@H](Cc2ccnc(N)c2)[C@H]1C(=O)N(C)c1ccn(C)n1. The van der Waals surface area contributed by atoms with E-state index < -0.39 is 95.5 Å². The molecule has 0 radical (unpaired) electrons. The van der Waals surface area contributed by atoms with E-state index in [0.717, 1.165) is 93.3 Å². The van der Waals surface area contributed by atoms with Gasteiger partial charge in [-0.25, -0.2) is 29.3 Å². The first-order chi connectivity index (χ1) is 70.2. The molecule has 0 bridgehead atoms. The van der Waals surface area contributed by atoms with Gasteiger partial charge in [-0.3, -0.25) is 72.2 Å². The van der Waals surface area contributed by atoms with E-state index in [9.17, 15) is 43.2 Å². The molecule has 3 aliphatic heterocycles. The molecule has 9 atom stereocenters. The highest BCUT2D eigenvalue weighted by Gasteiger charge is 2.59. The maximum absolute atomic E-state index is 14.3. The van der Waals surface area contributed by atoms with Crippen molar-refractivity contribution in [3.05, 3.63) is 332 Å². The molecule has 760 valence electrons. The number of likely N-dealkylation sites (N-methyl/N-ethyl adjacent to an activating group) is 3. The first-order valence-electron chi connectivity index (χ1n) is 47.7. The van der Waals surface area contributed by atoms with Gasteiger partial charge in [-0.15, -0.1) is 0 Å². The maximum atomic E-state index is 14.3. The van der Waals surface area contributed by atoms with Crippen LogP contribution in [0.2, 0.25) is 15.1 Å². The van der Waals surface area contributed by atoms with Crippen LogP contribution in [-0.2, 0) is 95.4 Å². The zero-order valence-corrected chi connectivity index (χ0v) is 86.4. The Morgan fingerprint density at radius 3 is 0.966 bits per heavy atom. The number of amides is 12. The zero-order chi connectivity index (χ0) is 104. The quantitative estimate of drug-likeness (QED) is 0.0348. The fourth-order valence-corrected chi connectivity index (χ4v) is 19.0. The summed E-state index contributed by atoms with van der Waals surface area (Å²) in [7, 11) is 19.9. The first kappa shape index (κ1) is 106. The van der Waals surface area contributed by atoms with Crippen LogP contribution in [0.25, 0.3) is 0 Å². The van der Waals surface area contributed by atoms with Gasteiger partial charge in [-0.05, 0) is 215 Å². The van der Waals surface area contributed by atoms with E-state index in [-0.39, 0.29) is 31.3 Å². The molecule has 9 heterocycles. The molecule has 3 N–H and O–H groups in total. The van der Waals surface area contributed by atoms with Crippen LogP contribution in [0.4, 0.5) is 49.3 Å². The number of ether oxygens (including phenoxy) is 4. The Hall–Kier alpha value is -15.7. The van der Waals surface area contributed by atoms with Crippen molar-refractivity contribution in [3.8, 4) is 23.0 Å². The van der Waals surface area contributed by atoms with Gasteiger partial charge in [-0.1, -0.05) is 141 Å². The number of methoxy groups -OCH3 is 4. The molecule has 3 aliphatic rings. The Labute approximate surface area is 864 Å². The molecule has 146 heavy (non-hydrogen) atoms. The second-order valence-electron chi connectivity index (χ2n) is 36.1. The van der Waals surface area contributed by atoms with Crippen LogP contribution in [0.5, 0.6) is 23.0 Å². The minimum absolute atomic E-state index is 0.217. The summed E-state index contributed by atoms with van der Waals surface area (Å²) in [6, 6.07) is 63.4. The summed E-state index contributed by atoms with van der Waals surface area (Å²) >= 11 is 18.7. The van der Waals surface area contributed by atoms with Crippen LogP contribution >= 0.6 is 34.8 Å². The number of anilines is 6. The number of imide groups is 3. The summed E-state index contributed by atoms with van der Waals surface area (Å²) < 4.78 is 26.2. The van der Waals surface area contributed by atoms with Crippen LogP contribution in [0.1, 0.15) is 114 Å². The number of likely N-dealkylation sites (tertiary alicyclic amines) is 3. The van der Waals surface area contributed by atoms with E-state index in [1.807, 2.05) is 185 Å². The first-order valence-corrected chi connectivity index (χ1v) is 48.9. The minimum atomic E-state index is -1.06. The lowest BCUT2D eigenvalue weighted by Gasteiger charge is -2.47. The maximum Gasteiger partial charge on any atom is 0.327 e. The van der Waals surface area contributed by atoms with Crippen molar-refractivity contribution in [2.24, 2.45) is 38.9 Å². The molecular formula is C109H120Cl3N21O13. The molecular weight excluding hydrogens is 1920 g/mol. The van der Waals surface area contributed by atoms with Crippen molar-refractivity contribution < 1.29 is 62.1 Å². The average molecular weight is 2040 g/mol. The molecule has 13 aromatic rings. The van der Waals surface area contributed by atoms with Crippen LogP contribution in [0, 0.1) is 17.8 Å². The number of aryl methyl sites for hydroxylation is 3. The van der Waals surface area contributed by atoms with Crippen molar-refractivity contribution in [2.75, 3.05) is 93.9 Å². The molecule has 34 nitrogen and oxygen atoms in total. The third-order valence-electron chi connectivity index (χ3n) is 26.5. The van der Waals surface area contributed by atoms with Gasteiger partial charge < -0.3 is 49.6 Å². The number of nitrogens with one attached hydrogen (secondary N) is 1. The van der Waals surface area contributed by atoms with Crippen molar-refractivity contribution in [1.82, 2.24) is 74.1 Å². The summed E-state index contributed by atoms with van der Waals surface area (Å²) in [5.41, 5.74) is 14.9. The largest absolute Gasteiger partial charge is 0.497 e. The van der Waals surface area contributed by atoms with E-state index in [1.165, 1.54) is 24.5 Å².